The molecule has 0 saturated carbocycles. The topological polar surface area (TPSA) is 99.9 Å². The van der Waals surface area contributed by atoms with Crippen molar-refractivity contribution in [1.29, 1.82) is 0 Å². The molecule has 3 aromatic heterocycles. The molecule has 0 spiro atoms. The number of benzene rings is 1. The lowest BCUT2D eigenvalue weighted by Crippen LogP contribution is -2.36. The van der Waals surface area contributed by atoms with Gasteiger partial charge in [-0.1, -0.05) is 17.3 Å². The SMILES string of the molecule is CN1CC[C@](O)(c2cccc(-n3cc(-c4c[nH]c5ncccc45)nn3)c2)C1=O. The highest BCUT2D eigenvalue weighted by Crippen LogP contribution is 2.33. The number of carbonyl (C=O) groups excluding carboxylic acids is 1. The number of hydrogen-bond donors (Lipinski definition) is 2. The fraction of sp³-hybridized carbons (Fsp3) is 0.200. The highest BCUT2D eigenvalue weighted by atomic mass is 16.3. The average Bonchev–Trinajstić information content (AvgIpc) is 3.43. The summed E-state index contributed by atoms with van der Waals surface area (Å²) in [5, 5.41) is 20.4. The van der Waals surface area contributed by atoms with E-state index < -0.39 is 5.60 Å². The zero-order valence-corrected chi connectivity index (χ0v) is 15.2. The number of nitrogens with zero attached hydrogens (tertiary/aromatic N) is 5. The maximum absolute atomic E-state index is 12.4. The number of amides is 1. The molecule has 1 aliphatic rings. The predicted octanol–water partition coefficient (Wildman–Crippen LogP) is 1.86. The zero-order chi connectivity index (χ0) is 19.3. The van der Waals surface area contributed by atoms with Crippen molar-refractivity contribution in [3.63, 3.8) is 0 Å². The van der Waals surface area contributed by atoms with Crippen molar-refractivity contribution in [2.45, 2.75) is 12.0 Å². The van der Waals surface area contributed by atoms with E-state index >= 15 is 0 Å². The minimum atomic E-state index is -1.49. The maximum Gasteiger partial charge on any atom is 0.258 e. The van der Waals surface area contributed by atoms with Crippen LogP contribution in [-0.2, 0) is 10.4 Å². The van der Waals surface area contributed by atoms with Gasteiger partial charge >= 0.3 is 0 Å². The van der Waals surface area contributed by atoms with Crippen LogP contribution >= 0.6 is 0 Å². The molecular weight excluding hydrogens is 356 g/mol. The van der Waals surface area contributed by atoms with Gasteiger partial charge in [0.2, 0.25) is 0 Å². The molecule has 4 aromatic rings. The lowest BCUT2D eigenvalue weighted by atomic mass is 9.92. The van der Waals surface area contributed by atoms with Crippen LogP contribution in [0.2, 0.25) is 0 Å². The number of fused-ring (bicyclic) bond motifs is 1. The molecule has 1 amide bonds. The molecule has 8 nitrogen and oxygen atoms in total. The first-order valence-corrected chi connectivity index (χ1v) is 9.00. The lowest BCUT2D eigenvalue weighted by molar-refractivity contribution is -0.143. The first-order valence-electron chi connectivity index (χ1n) is 9.00. The van der Waals surface area contributed by atoms with Gasteiger partial charge < -0.3 is 15.0 Å². The molecule has 8 heteroatoms. The highest BCUT2D eigenvalue weighted by molar-refractivity contribution is 5.92. The summed E-state index contributed by atoms with van der Waals surface area (Å²) in [6, 6.07) is 11.1. The Morgan fingerprint density at radius 3 is 2.96 bits per heavy atom. The van der Waals surface area contributed by atoms with Gasteiger partial charge in [-0.15, -0.1) is 5.10 Å². The number of rotatable bonds is 3. The number of aliphatic hydroxyl groups is 1. The van der Waals surface area contributed by atoms with Gasteiger partial charge in [0.1, 0.15) is 11.3 Å². The summed E-state index contributed by atoms with van der Waals surface area (Å²) in [6.07, 6.45) is 5.79. The van der Waals surface area contributed by atoms with Crippen molar-refractivity contribution in [2.75, 3.05) is 13.6 Å². The molecule has 28 heavy (non-hydrogen) atoms. The molecule has 1 saturated heterocycles. The van der Waals surface area contributed by atoms with Gasteiger partial charge in [-0.05, 0) is 29.8 Å². The van der Waals surface area contributed by atoms with E-state index in [1.54, 1.807) is 35.0 Å². The molecule has 0 radical (unpaired) electrons. The van der Waals surface area contributed by atoms with E-state index in [1.807, 2.05) is 36.7 Å². The Labute approximate surface area is 160 Å². The third-order valence-electron chi connectivity index (χ3n) is 5.32. The van der Waals surface area contributed by atoms with Crippen molar-refractivity contribution < 1.29 is 9.90 Å². The van der Waals surface area contributed by atoms with Crippen LogP contribution in [0.3, 0.4) is 0 Å². The quantitative estimate of drug-likeness (QED) is 0.570. The van der Waals surface area contributed by atoms with Crippen LogP contribution in [0.5, 0.6) is 0 Å². The third-order valence-corrected chi connectivity index (χ3v) is 5.32. The smallest absolute Gasteiger partial charge is 0.258 e. The van der Waals surface area contributed by atoms with E-state index in [0.717, 1.165) is 22.3 Å². The number of carbonyl (C=O) groups is 1. The monoisotopic (exact) mass is 374 g/mol. The molecule has 140 valence electrons. The standard InChI is InChI=1S/C20H18N6O2/c1-25-9-7-20(28,19(25)27)13-4-2-5-14(10-13)26-12-17(23-24-26)16-11-22-18-15(16)6-3-8-21-18/h2-6,8,10-12,28H,7,9H2,1H3,(H,21,22)/t20-/m0/s1. The van der Waals surface area contributed by atoms with E-state index in [0.29, 0.717) is 24.2 Å². The summed E-state index contributed by atoms with van der Waals surface area (Å²) in [6.45, 7) is 0.529. The van der Waals surface area contributed by atoms with Gasteiger partial charge in [-0.25, -0.2) is 9.67 Å². The Kier molecular flexibility index (Phi) is 3.56. The number of likely N-dealkylation sites (tertiary alicyclic amines) is 1. The molecule has 4 heterocycles. The number of H-pyrrole nitrogens is 1. The summed E-state index contributed by atoms with van der Waals surface area (Å²) in [7, 11) is 1.70. The number of hydrogen-bond acceptors (Lipinski definition) is 5. The number of pyridine rings is 1. The van der Waals surface area contributed by atoms with Crippen LogP contribution in [0.4, 0.5) is 0 Å². The largest absolute Gasteiger partial charge is 0.375 e. The van der Waals surface area contributed by atoms with Crippen molar-refractivity contribution in [3.05, 3.63) is 60.6 Å². The molecule has 5 rings (SSSR count). The van der Waals surface area contributed by atoms with E-state index in [-0.39, 0.29) is 5.91 Å². The van der Waals surface area contributed by atoms with E-state index in [2.05, 4.69) is 20.3 Å². The minimum Gasteiger partial charge on any atom is -0.375 e. The van der Waals surface area contributed by atoms with Crippen molar-refractivity contribution >= 4 is 16.9 Å². The number of likely N-dealkylation sites (N-methyl/N-ethyl adjacent to an activating group) is 1. The lowest BCUT2D eigenvalue weighted by Gasteiger charge is -2.21. The fourth-order valence-corrected chi connectivity index (χ4v) is 3.71. The third kappa shape index (κ3) is 2.42. The van der Waals surface area contributed by atoms with E-state index in [1.165, 1.54) is 0 Å². The Hall–Kier alpha value is -3.52. The maximum atomic E-state index is 12.4. The molecule has 1 aliphatic heterocycles. The summed E-state index contributed by atoms with van der Waals surface area (Å²) < 4.78 is 1.64. The molecule has 1 aromatic carbocycles. The van der Waals surface area contributed by atoms with Gasteiger partial charge in [0.25, 0.3) is 5.91 Å². The molecule has 0 aliphatic carbocycles. The summed E-state index contributed by atoms with van der Waals surface area (Å²) in [5.41, 5.74) is 2.21. The normalized spacial score (nSPS) is 19.6. The molecule has 2 N–H and O–H groups in total. The first kappa shape index (κ1) is 16.6. The van der Waals surface area contributed by atoms with Gasteiger partial charge in [0.05, 0.1) is 11.9 Å². The van der Waals surface area contributed by atoms with E-state index in [4.69, 9.17) is 0 Å². The van der Waals surface area contributed by atoms with Crippen LogP contribution in [0.25, 0.3) is 28.0 Å². The van der Waals surface area contributed by atoms with Crippen LogP contribution in [0, 0.1) is 0 Å². The second-order valence-electron chi connectivity index (χ2n) is 7.04. The second-order valence-corrected chi connectivity index (χ2v) is 7.04. The zero-order valence-electron chi connectivity index (χ0n) is 15.2. The first-order chi connectivity index (χ1) is 13.6. The molecular formula is C20H18N6O2. The molecule has 1 fully saturated rings. The van der Waals surface area contributed by atoms with Gasteiger partial charge in [-0.2, -0.15) is 0 Å². The van der Waals surface area contributed by atoms with Crippen LogP contribution < -0.4 is 0 Å². The molecule has 1 atom stereocenters. The Morgan fingerprint density at radius 2 is 2.14 bits per heavy atom. The Balaban J connectivity index is 1.52. The van der Waals surface area contributed by atoms with Crippen LogP contribution in [-0.4, -0.2) is 54.5 Å². The number of nitrogens with one attached hydrogen (secondary N) is 1. The Morgan fingerprint density at radius 1 is 1.25 bits per heavy atom. The van der Waals surface area contributed by atoms with E-state index in [9.17, 15) is 9.90 Å². The summed E-state index contributed by atoms with van der Waals surface area (Å²) in [4.78, 5) is 21.4. The fourth-order valence-electron chi connectivity index (χ4n) is 3.71. The van der Waals surface area contributed by atoms with Gasteiger partial charge in [0.15, 0.2) is 5.60 Å². The Bertz CT molecular complexity index is 1200. The second kappa shape index (κ2) is 6.00. The van der Waals surface area contributed by atoms with Gasteiger partial charge in [-0.3, -0.25) is 4.79 Å². The van der Waals surface area contributed by atoms with Gasteiger partial charge in [0, 0.05) is 43.4 Å². The van der Waals surface area contributed by atoms with Crippen molar-refractivity contribution in [3.8, 4) is 16.9 Å². The molecule has 0 unspecified atom stereocenters. The van der Waals surface area contributed by atoms with Crippen molar-refractivity contribution in [1.82, 2.24) is 29.9 Å². The molecule has 0 bridgehead atoms. The van der Waals surface area contributed by atoms with Crippen LogP contribution in [0.15, 0.2) is 55.0 Å². The summed E-state index contributed by atoms with van der Waals surface area (Å²) >= 11 is 0. The van der Waals surface area contributed by atoms with Crippen LogP contribution in [0.1, 0.15) is 12.0 Å². The number of aromatic amines is 1. The average molecular weight is 374 g/mol. The predicted molar refractivity (Wildman–Crippen MR) is 103 cm³/mol. The van der Waals surface area contributed by atoms with Crippen molar-refractivity contribution in [2.24, 2.45) is 0 Å². The minimum absolute atomic E-state index is 0.282. The highest BCUT2D eigenvalue weighted by Gasteiger charge is 2.45. The number of aromatic nitrogens is 5. The summed E-state index contributed by atoms with van der Waals surface area (Å²) in [5.74, 6) is -0.282.